The normalized spacial score (nSPS) is 11.9. The molecular weight excluding hydrogens is 454 g/mol. The maximum atomic E-state index is 3.74. The molecule has 168 valence electrons. The molecule has 0 saturated heterocycles. The van der Waals surface area contributed by atoms with Gasteiger partial charge in [-0.3, -0.25) is 0 Å². The van der Waals surface area contributed by atoms with Crippen LogP contribution in [0.5, 0.6) is 0 Å². The van der Waals surface area contributed by atoms with Gasteiger partial charge in [-0.25, -0.2) is 0 Å². The van der Waals surface area contributed by atoms with Crippen LogP contribution in [-0.2, 0) is 0 Å². The molecule has 0 aliphatic rings. The topological polar surface area (TPSA) is 15.8 Å². The Bertz CT molecular complexity index is 2110. The predicted molar refractivity (Wildman–Crippen MR) is 157 cm³/mol. The van der Waals surface area contributed by atoms with Gasteiger partial charge in [0, 0.05) is 42.0 Å². The molecule has 0 unspecified atom stereocenters. The summed E-state index contributed by atoms with van der Waals surface area (Å²) < 4.78 is 2.68. The average molecular weight is 476 g/mol. The summed E-state index contributed by atoms with van der Waals surface area (Å²) in [6.45, 7) is 0. The maximum Gasteiger partial charge on any atom is 0.0544 e. The fraction of sp³-hybridized carbons (Fsp3) is 0. The van der Waals surface area contributed by atoms with Gasteiger partial charge < -0.3 is 4.98 Å². The van der Waals surface area contributed by atoms with Crippen LogP contribution in [0, 0.1) is 0 Å². The van der Waals surface area contributed by atoms with Gasteiger partial charge in [0.05, 0.1) is 5.52 Å². The second-order valence-electron chi connectivity index (χ2n) is 9.49. The Morgan fingerprint density at radius 1 is 0.444 bits per heavy atom. The number of para-hydroxylation sites is 1. The first-order valence-corrected chi connectivity index (χ1v) is 13.1. The Morgan fingerprint density at radius 3 is 2.11 bits per heavy atom. The van der Waals surface area contributed by atoms with E-state index in [1.807, 2.05) is 11.3 Å². The van der Waals surface area contributed by atoms with E-state index in [4.69, 9.17) is 0 Å². The third-order valence-corrected chi connectivity index (χ3v) is 8.52. The van der Waals surface area contributed by atoms with E-state index >= 15 is 0 Å². The molecule has 0 amide bonds. The number of aromatic nitrogens is 1. The van der Waals surface area contributed by atoms with Crippen molar-refractivity contribution in [3.63, 3.8) is 0 Å². The van der Waals surface area contributed by atoms with E-state index in [-0.39, 0.29) is 0 Å². The Labute approximate surface area is 212 Å². The van der Waals surface area contributed by atoms with Crippen molar-refractivity contribution in [3.8, 4) is 22.3 Å². The van der Waals surface area contributed by atoms with Crippen molar-refractivity contribution in [1.82, 2.24) is 4.98 Å². The molecular formula is C34H21NS. The second-order valence-corrected chi connectivity index (χ2v) is 10.6. The van der Waals surface area contributed by atoms with Crippen molar-refractivity contribution in [3.05, 3.63) is 121 Å². The summed E-state index contributed by atoms with van der Waals surface area (Å²) in [4.78, 5) is 3.74. The number of nitrogens with one attached hydrogen (secondary N) is 1. The molecule has 2 heterocycles. The molecule has 1 N–H and O–H groups in total. The van der Waals surface area contributed by atoms with Crippen molar-refractivity contribution in [2.45, 2.75) is 0 Å². The van der Waals surface area contributed by atoms with Crippen molar-refractivity contribution >= 4 is 64.1 Å². The Balaban J connectivity index is 1.29. The largest absolute Gasteiger partial charge is 0.354 e. The zero-order valence-electron chi connectivity index (χ0n) is 19.5. The second kappa shape index (κ2) is 7.55. The minimum atomic E-state index is 1.18. The fourth-order valence-corrected chi connectivity index (χ4v) is 6.77. The summed E-state index contributed by atoms with van der Waals surface area (Å²) >= 11 is 1.87. The summed E-state index contributed by atoms with van der Waals surface area (Å²) in [7, 11) is 0. The monoisotopic (exact) mass is 475 g/mol. The van der Waals surface area contributed by atoms with Crippen LogP contribution < -0.4 is 0 Å². The van der Waals surface area contributed by atoms with Crippen LogP contribution in [-0.4, -0.2) is 4.98 Å². The van der Waals surface area contributed by atoms with Crippen LogP contribution in [0.2, 0.25) is 0 Å². The first kappa shape index (κ1) is 19.9. The van der Waals surface area contributed by atoms with Gasteiger partial charge in [-0.05, 0) is 57.8 Å². The van der Waals surface area contributed by atoms with E-state index in [0.717, 1.165) is 0 Å². The van der Waals surface area contributed by atoms with Crippen LogP contribution in [0.25, 0.3) is 75.0 Å². The molecule has 0 fully saturated rings. The molecule has 6 aromatic carbocycles. The number of hydrogen-bond acceptors (Lipinski definition) is 1. The van der Waals surface area contributed by atoms with E-state index in [0.29, 0.717) is 0 Å². The Hall–Kier alpha value is -4.40. The van der Waals surface area contributed by atoms with Crippen molar-refractivity contribution in [1.29, 1.82) is 0 Å². The smallest absolute Gasteiger partial charge is 0.0544 e. The number of H-pyrrole nitrogens is 1. The lowest BCUT2D eigenvalue weighted by molar-refractivity contribution is 1.54. The van der Waals surface area contributed by atoms with Gasteiger partial charge in [-0.1, -0.05) is 91.0 Å². The number of thiophene rings is 1. The number of aromatic amines is 1. The number of rotatable bonds is 2. The molecule has 0 atom stereocenters. The zero-order valence-corrected chi connectivity index (χ0v) is 20.3. The number of benzene rings is 6. The number of fused-ring (bicyclic) bond motifs is 7. The van der Waals surface area contributed by atoms with E-state index in [1.54, 1.807) is 0 Å². The minimum absolute atomic E-state index is 1.18. The van der Waals surface area contributed by atoms with Gasteiger partial charge in [-0.2, -0.15) is 0 Å². The van der Waals surface area contributed by atoms with Crippen LogP contribution in [0.15, 0.2) is 121 Å². The molecule has 0 bridgehead atoms. The lowest BCUT2D eigenvalue weighted by atomic mass is 9.97. The highest BCUT2D eigenvalue weighted by molar-refractivity contribution is 7.25. The first-order valence-electron chi connectivity index (χ1n) is 12.3. The lowest BCUT2D eigenvalue weighted by Gasteiger charge is -2.08. The maximum absolute atomic E-state index is 3.74. The fourth-order valence-electron chi connectivity index (χ4n) is 5.62. The van der Waals surface area contributed by atoms with Crippen LogP contribution in [0.4, 0.5) is 0 Å². The minimum Gasteiger partial charge on any atom is -0.354 e. The molecule has 0 saturated carbocycles. The molecule has 8 rings (SSSR count). The van der Waals surface area contributed by atoms with Gasteiger partial charge in [0.1, 0.15) is 0 Å². The van der Waals surface area contributed by atoms with Crippen molar-refractivity contribution < 1.29 is 0 Å². The van der Waals surface area contributed by atoms with Gasteiger partial charge in [0.2, 0.25) is 0 Å². The average Bonchev–Trinajstić information content (AvgIpc) is 3.49. The summed E-state index contributed by atoms with van der Waals surface area (Å²) in [5.74, 6) is 0. The molecule has 2 heteroatoms. The van der Waals surface area contributed by atoms with Gasteiger partial charge in [0.25, 0.3) is 0 Å². The van der Waals surface area contributed by atoms with Crippen LogP contribution in [0.3, 0.4) is 0 Å². The van der Waals surface area contributed by atoms with Crippen molar-refractivity contribution in [2.75, 3.05) is 0 Å². The highest BCUT2D eigenvalue weighted by Gasteiger charge is 2.12. The standard InChI is InChI=1S/C34H21NS/c1-2-8-23-19-31-30(18-22(23)7-1)29-13-6-12-26(34(29)35-31)25-10-5-9-21(17-25)24-15-16-28-27-11-3-4-14-32(27)36-33(28)20-24/h1-20,35H. The summed E-state index contributed by atoms with van der Waals surface area (Å²) in [6, 6.07) is 44.3. The summed E-state index contributed by atoms with van der Waals surface area (Å²) in [5.41, 5.74) is 7.34. The molecule has 8 aromatic rings. The van der Waals surface area contributed by atoms with E-state index in [9.17, 15) is 0 Å². The molecule has 2 aromatic heterocycles. The first-order chi connectivity index (χ1) is 17.8. The van der Waals surface area contributed by atoms with Gasteiger partial charge in [0.15, 0.2) is 0 Å². The SMILES string of the molecule is c1cc(-c2ccc3c(c2)sc2ccccc23)cc(-c2cccc3c2[nH]c2cc4ccccc4cc23)c1. The molecule has 0 spiro atoms. The van der Waals surface area contributed by atoms with Crippen molar-refractivity contribution in [2.24, 2.45) is 0 Å². The molecule has 0 aliphatic heterocycles. The van der Waals surface area contributed by atoms with Gasteiger partial charge in [-0.15, -0.1) is 11.3 Å². The molecule has 36 heavy (non-hydrogen) atoms. The third kappa shape index (κ3) is 2.95. The van der Waals surface area contributed by atoms with Crippen LogP contribution in [0.1, 0.15) is 0 Å². The lowest BCUT2D eigenvalue weighted by Crippen LogP contribution is -1.83. The van der Waals surface area contributed by atoms with E-state index in [2.05, 4.69) is 126 Å². The highest BCUT2D eigenvalue weighted by atomic mass is 32.1. The zero-order chi connectivity index (χ0) is 23.6. The van der Waals surface area contributed by atoms with Crippen LogP contribution >= 0.6 is 11.3 Å². The van der Waals surface area contributed by atoms with E-state index in [1.165, 1.54) is 75.0 Å². The van der Waals surface area contributed by atoms with Gasteiger partial charge >= 0.3 is 0 Å². The third-order valence-electron chi connectivity index (χ3n) is 7.39. The number of hydrogen-bond donors (Lipinski definition) is 1. The predicted octanol–water partition coefficient (Wildman–Crippen LogP) is 10.2. The molecule has 1 nitrogen and oxygen atoms in total. The summed E-state index contributed by atoms with van der Waals surface area (Å²) in [6.07, 6.45) is 0. The summed E-state index contributed by atoms with van der Waals surface area (Å²) in [5, 5.41) is 7.76. The van der Waals surface area contributed by atoms with E-state index < -0.39 is 0 Å². The Morgan fingerprint density at radius 2 is 1.17 bits per heavy atom. The highest BCUT2D eigenvalue weighted by Crippen LogP contribution is 2.38. The molecule has 0 radical (unpaired) electrons. The Kier molecular flexibility index (Phi) is 4.16. The quantitative estimate of drug-likeness (QED) is 0.256. The molecule has 0 aliphatic carbocycles.